The van der Waals surface area contributed by atoms with Gasteiger partial charge < -0.3 is 15.7 Å². The van der Waals surface area contributed by atoms with Crippen LogP contribution in [0.15, 0.2) is 11.4 Å². The van der Waals surface area contributed by atoms with Crippen LogP contribution in [-0.4, -0.2) is 36.2 Å². The monoisotopic (exact) mass is 274 g/mol. The van der Waals surface area contributed by atoms with Gasteiger partial charge in [-0.3, -0.25) is 4.79 Å². The molecule has 3 N–H and O–H groups in total. The molecule has 0 spiro atoms. The van der Waals surface area contributed by atoms with E-state index in [-0.39, 0.29) is 12.5 Å². The standard InChI is InChI=1S/C11H15ClN2O2S/c12-8-2-5-17-9(8)10(15)14-7-11(16)3-1-4-13-6-11/h2,5,13,16H,1,3-4,6-7H2,(H,14,15). The molecule has 1 aliphatic rings. The normalized spacial score (nSPS) is 24.6. The minimum Gasteiger partial charge on any atom is -0.387 e. The van der Waals surface area contributed by atoms with E-state index in [0.717, 1.165) is 13.0 Å². The summed E-state index contributed by atoms with van der Waals surface area (Å²) in [7, 11) is 0. The number of aliphatic hydroxyl groups is 1. The first-order chi connectivity index (χ1) is 8.11. The average molecular weight is 275 g/mol. The van der Waals surface area contributed by atoms with Crippen molar-refractivity contribution >= 4 is 28.8 Å². The zero-order valence-corrected chi connectivity index (χ0v) is 10.9. The van der Waals surface area contributed by atoms with Crippen molar-refractivity contribution in [2.75, 3.05) is 19.6 Å². The lowest BCUT2D eigenvalue weighted by Gasteiger charge is -2.32. The van der Waals surface area contributed by atoms with E-state index in [0.29, 0.717) is 22.9 Å². The molecule has 4 nitrogen and oxygen atoms in total. The molecular weight excluding hydrogens is 260 g/mol. The molecular formula is C11H15ClN2O2S. The van der Waals surface area contributed by atoms with Crippen molar-refractivity contribution in [3.63, 3.8) is 0 Å². The van der Waals surface area contributed by atoms with Crippen LogP contribution in [-0.2, 0) is 0 Å². The Morgan fingerprint density at radius 3 is 3.12 bits per heavy atom. The number of rotatable bonds is 3. The molecule has 1 amide bonds. The van der Waals surface area contributed by atoms with Crippen LogP contribution in [0.1, 0.15) is 22.5 Å². The number of amides is 1. The SMILES string of the molecule is O=C(NCC1(O)CCCNC1)c1sccc1Cl. The van der Waals surface area contributed by atoms with E-state index in [1.54, 1.807) is 11.4 Å². The van der Waals surface area contributed by atoms with Gasteiger partial charge >= 0.3 is 0 Å². The first-order valence-corrected chi connectivity index (χ1v) is 6.81. The zero-order valence-electron chi connectivity index (χ0n) is 9.33. The van der Waals surface area contributed by atoms with Gasteiger partial charge in [-0.1, -0.05) is 11.6 Å². The van der Waals surface area contributed by atoms with Crippen molar-refractivity contribution in [3.05, 3.63) is 21.3 Å². The molecule has 1 unspecified atom stereocenters. The lowest BCUT2D eigenvalue weighted by molar-refractivity contribution is 0.0170. The third-order valence-electron chi connectivity index (χ3n) is 2.85. The van der Waals surface area contributed by atoms with E-state index >= 15 is 0 Å². The van der Waals surface area contributed by atoms with Gasteiger partial charge in [-0.25, -0.2) is 0 Å². The Balaban J connectivity index is 1.90. The van der Waals surface area contributed by atoms with Gasteiger partial charge in [-0.15, -0.1) is 11.3 Å². The molecule has 1 aromatic rings. The molecule has 2 rings (SSSR count). The molecule has 1 atom stereocenters. The average Bonchev–Trinajstić information content (AvgIpc) is 2.74. The molecule has 1 fully saturated rings. The molecule has 1 aromatic heterocycles. The maximum absolute atomic E-state index is 11.8. The van der Waals surface area contributed by atoms with Gasteiger partial charge in [-0.05, 0) is 30.8 Å². The number of halogens is 1. The van der Waals surface area contributed by atoms with E-state index in [1.807, 2.05) is 0 Å². The lowest BCUT2D eigenvalue weighted by atomic mass is 9.94. The van der Waals surface area contributed by atoms with Gasteiger partial charge in [0, 0.05) is 13.1 Å². The molecule has 17 heavy (non-hydrogen) atoms. The number of thiophene rings is 1. The Morgan fingerprint density at radius 2 is 2.53 bits per heavy atom. The summed E-state index contributed by atoms with van der Waals surface area (Å²) in [5.41, 5.74) is -0.836. The molecule has 1 aliphatic heterocycles. The fourth-order valence-corrected chi connectivity index (χ4v) is 2.94. The molecule has 0 aromatic carbocycles. The lowest BCUT2D eigenvalue weighted by Crippen LogP contribution is -2.52. The van der Waals surface area contributed by atoms with Crippen LogP contribution in [0.5, 0.6) is 0 Å². The van der Waals surface area contributed by atoms with Crippen molar-refractivity contribution in [1.82, 2.24) is 10.6 Å². The van der Waals surface area contributed by atoms with E-state index < -0.39 is 5.60 Å². The topological polar surface area (TPSA) is 61.4 Å². The van der Waals surface area contributed by atoms with Crippen LogP contribution in [0.4, 0.5) is 0 Å². The molecule has 6 heteroatoms. The van der Waals surface area contributed by atoms with E-state index in [2.05, 4.69) is 10.6 Å². The number of hydrogen-bond acceptors (Lipinski definition) is 4. The van der Waals surface area contributed by atoms with E-state index in [1.165, 1.54) is 11.3 Å². The van der Waals surface area contributed by atoms with Crippen LogP contribution >= 0.6 is 22.9 Å². The van der Waals surface area contributed by atoms with Crippen LogP contribution in [0.3, 0.4) is 0 Å². The second-order valence-electron chi connectivity index (χ2n) is 4.29. The van der Waals surface area contributed by atoms with Crippen LogP contribution in [0, 0.1) is 0 Å². The highest BCUT2D eigenvalue weighted by Crippen LogP contribution is 2.22. The van der Waals surface area contributed by atoms with Crippen molar-refractivity contribution in [1.29, 1.82) is 0 Å². The van der Waals surface area contributed by atoms with Crippen molar-refractivity contribution in [2.45, 2.75) is 18.4 Å². The first kappa shape index (κ1) is 12.8. The highest BCUT2D eigenvalue weighted by atomic mass is 35.5. The fourth-order valence-electron chi connectivity index (χ4n) is 1.88. The second kappa shape index (κ2) is 5.35. The number of carbonyl (C=O) groups excluding carboxylic acids is 1. The molecule has 1 saturated heterocycles. The summed E-state index contributed by atoms with van der Waals surface area (Å²) >= 11 is 7.17. The highest BCUT2D eigenvalue weighted by Gasteiger charge is 2.29. The Morgan fingerprint density at radius 1 is 1.71 bits per heavy atom. The maximum Gasteiger partial charge on any atom is 0.262 e. The Bertz CT molecular complexity index is 402. The van der Waals surface area contributed by atoms with E-state index in [9.17, 15) is 9.90 Å². The van der Waals surface area contributed by atoms with Gasteiger partial charge in [0.15, 0.2) is 0 Å². The number of nitrogens with one attached hydrogen (secondary N) is 2. The Labute approximate surface area is 109 Å². The third kappa shape index (κ3) is 3.19. The largest absolute Gasteiger partial charge is 0.387 e. The number of β-amino-alcohol motifs (C(OH)–C–C–N with tert-alkyl or cyclic N) is 1. The Hall–Kier alpha value is -0.620. The van der Waals surface area contributed by atoms with Crippen LogP contribution in [0.2, 0.25) is 5.02 Å². The molecule has 94 valence electrons. The fraction of sp³-hybridized carbons (Fsp3) is 0.545. The summed E-state index contributed by atoms with van der Waals surface area (Å²) in [4.78, 5) is 12.3. The second-order valence-corrected chi connectivity index (χ2v) is 5.61. The summed E-state index contributed by atoms with van der Waals surface area (Å²) in [6.07, 6.45) is 1.63. The van der Waals surface area contributed by atoms with Crippen LogP contribution in [0.25, 0.3) is 0 Å². The summed E-state index contributed by atoms with van der Waals surface area (Å²) in [6.45, 7) is 1.70. The van der Waals surface area contributed by atoms with Crippen molar-refractivity contribution in [3.8, 4) is 0 Å². The molecule has 0 saturated carbocycles. The predicted octanol–water partition coefficient (Wildman–Crippen LogP) is 1.25. The third-order valence-corrected chi connectivity index (χ3v) is 4.19. The smallest absolute Gasteiger partial charge is 0.262 e. The van der Waals surface area contributed by atoms with Gasteiger partial charge in [0.2, 0.25) is 0 Å². The van der Waals surface area contributed by atoms with Gasteiger partial charge in [-0.2, -0.15) is 0 Å². The number of piperidine rings is 1. The first-order valence-electron chi connectivity index (χ1n) is 5.55. The minimum atomic E-state index is -0.836. The summed E-state index contributed by atoms with van der Waals surface area (Å²) < 4.78 is 0. The molecule has 0 radical (unpaired) electrons. The number of carbonyl (C=O) groups is 1. The molecule has 0 bridgehead atoms. The molecule has 0 aliphatic carbocycles. The number of hydrogen-bond donors (Lipinski definition) is 3. The van der Waals surface area contributed by atoms with Gasteiger partial charge in [0.25, 0.3) is 5.91 Å². The van der Waals surface area contributed by atoms with E-state index in [4.69, 9.17) is 11.6 Å². The van der Waals surface area contributed by atoms with Crippen molar-refractivity contribution < 1.29 is 9.90 Å². The van der Waals surface area contributed by atoms with Crippen molar-refractivity contribution in [2.24, 2.45) is 0 Å². The van der Waals surface area contributed by atoms with Crippen LogP contribution < -0.4 is 10.6 Å². The van der Waals surface area contributed by atoms with Gasteiger partial charge in [0.05, 0.1) is 10.6 Å². The Kier molecular flexibility index (Phi) is 4.04. The minimum absolute atomic E-state index is 0.219. The predicted molar refractivity (Wildman–Crippen MR) is 68.7 cm³/mol. The molecule has 2 heterocycles. The quantitative estimate of drug-likeness (QED) is 0.777. The summed E-state index contributed by atoms with van der Waals surface area (Å²) in [5.74, 6) is -0.219. The summed E-state index contributed by atoms with van der Waals surface area (Å²) in [6, 6.07) is 1.69. The summed E-state index contributed by atoms with van der Waals surface area (Å²) in [5, 5.41) is 18.3. The maximum atomic E-state index is 11.8. The van der Waals surface area contributed by atoms with Gasteiger partial charge in [0.1, 0.15) is 4.88 Å². The highest BCUT2D eigenvalue weighted by molar-refractivity contribution is 7.12. The zero-order chi connectivity index (χ0) is 12.3.